The average Bonchev–Trinajstić information content (AvgIpc) is 3.51. The van der Waals surface area contributed by atoms with Crippen LogP contribution >= 0.6 is 7.82 Å². The summed E-state index contributed by atoms with van der Waals surface area (Å²) < 4.78 is 30.8. The summed E-state index contributed by atoms with van der Waals surface area (Å²) in [7, 11) is 1.49. The number of likely N-dealkylation sites (N-methyl/N-ethyl adjacent to an activating group) is 1. The molecule has 2 N–H and O–H groups in total. The van der Waals surface area contributed by atoms with Gasteiger partial charge in [-0.25, -0.2) is 4.57 Å². The van der Waals surface area contributed by atoms with Gasteiger partial charge in [-0.15, -0.1) is 0 Å². The first-order valence-electron chi connectivity index (χ1n) is 34.9. The number of phosphoric ester groups is 1. The number of hydrogen-bond donors (Lipinski definition) is 2. The Kier molecular flexibility index (Phi) is 60.1. The van der Waals surface area contributed by atoms with Crippen molar-refractivity contribution in [2.45, 2.75) is 328 Å². The molecule has 0 aromatic carbocycles. The molecule has 83 heavy (non-hydrogen) atoms. The fraction of sp³-hybridized carbons (Fsp3) is 0.781. The second-order valence-electron chi connectivity index (χ2n) is 24.7. The Labute approximate surface area is 514 Å². The van der Waals surface area contributed by atoms with Crippen molar-refractivity contribution in [3.8, 4) is 0 Å². The minimum absolute atomic E-state index is 0.0366. The number of carbonyl (C=O) groups excluding carboxylic acids is 2. The fourth-order valence-corrected chi connectivity index (χ4v) is 10.7. The maximum Gasteiger partial charge on any atom is 0.472 e. The van der Waals surface area contributed by atoms with Crippen LogP contribution in [0.4, 0.5) is 0 Å². The van der Waals surface area contributed by atoms with Gasteiger partial charge in [0.25, 0.3) is 0 Å². The molecule has 0 saturated carbocycles. The molecule has 0 aromatic heterocycles. The molecule has 9 nitrogen and oxygen atoms in total. The predicted octanol–water partition coefficient (Wildman–Crippen LogP) is 22.1. The van der Waals surface area contributed by atoms with E-state index in [0.717, 1.165) is 103 Å². The van der Waals surface area contributed by atoms with E-state index in [-0.39, 0.29) is 31.5 Å². The van der Waals surface area contributed by atoms with Crippen molar-refractivity contribution < 1.29 is 37.3 Å². The second kappa shape index (κ2) is 62.2. The Bertz CT molecular complexity index is 1700. The monoisotopic (exact) mass is 1180 g/mol. The molecule has 0 aromatic rings. The van der Waals surface area contributed by atoms with Gasteiger partial charge in [0.15, 0.2) is 0 Å². The third-order valence-corrected chi connectivity index (χ3v) is 16.3. The topological polar surface area (TPSA) is 111 Å². The quantitative estimate of drug-likeness (QED) is 0.0205. The van der Waals surface area contributed by atoms with E-state index >= 15 is 0 Å². The summed E-state index contributed by atoms with van der Waals surface area (Å²) in [6.07, 6.45) is 83.1. The number of ether oxygens (including phenoxy) is 1. The van der Waals surface area contributed by atoms with Gasteiger partial charge >= 0.3 is 13.8 Å². The smallest absolute Gasteiger partial charge is 0.456 e. The van der Waals surface area contributed by atoms with E-state index in [1.165, 1.54) is 180 Å². The van der Waals surface area contributed by atoms with Crippen LogP contribution in [-0.2, 0) is 27.9 Å². The largest absolute Gasteiger partial charge is 0.472 e. The fourth-order valence-electron chi connectivity index (χ4n) is 9.96. The Hall–Kier alpha value is -2.81. The highest BCUT2D eigenvalue weighted by Gasteiger charge is 2.30. The number of unbranched alkanes of at least 4 members (excludes halogenated alkanes) is 35. The van der Waals surface area contributed by atoms with Gasteiger partial charge in [0.2, 0.25) is 5.91 Å². The Morgan fingerprint density at radius 3 is 1.17 bits per heavy atom. The van der Waals surface area contributed by atoms with Crippen LogP contribution in [0.5, 0.6) is 0 Å². The van der Waals surface area contributed by atoms with E-state index in [4.69, 9.17) is 13.8 Å². The third-order valence-electron chi connectivity index (χ3n) is 15.3. The van der Waals surface area contributed by atoms with Gasteiger partial charge < -0.3 is 19.4 Å². The number of quaternary nitrogens is 1. The number of amides is 1. The van der Waals surface area contributed by atoms with Gasteiger partial charge in [-0.3, -0.25) is 18.6 Å². The van der Waals surface area contributed by atoms with E-state index in [2.05, 4.69) is 99.0 Å². The molecule has 0 heterocycles. The van der Waals surface area contributed by atoms with Crippen molar-refractivity contribution in [2.75, 3.05) is 40.9 Å². The Balaban J connectivity index is 5.06. The summed E-state index contributed by atoms with van der Waals surface area (Å²) in [4.78, 5) is 37.9. The van der Waals surface area contributed by atoms with Crippen LogP contribution in [0.2, 0.25) is 0 Å². The van der Waals surface area contributed by atoms with Gasteiger partial charge in [0, 0.05) is 12.8 Å². The van der Waals surface area contributed by atoms with Gasteiger partial charge in [0.1, 0.15) is 19.3 Å². The van der Waals surface area contributed by atoms with E-state index in [1.807, 2.05) is 33.3 Å². The van der Waals surface area contributed by atoms with Gasteiger partial charge in [-0.1, -0.05) is 286 Å². The number of phosphoric acid groups is 1. The van der Waals surface area contributed by atoms with Crippen LogP contribution in [0, 0.1) is 0 Å². The number of carbonyl (C=O) groups is 2. The van der Waals surface area contributed by atoms with Crippen molar-refractivity contribution in [3.05, 3.63) is 85.1 Å². The normalized spacial score (nSPS) is 14.1. The third kappa shape index (κ3) is 63.5. The van der Waals surface area contributed by atoms with Crippen molar-refractivity contribution in [2.24, 2.45) is 0 Å². The van der Waals surface area contributed by atoms with Crippen LogP contribution in [0.25, 0.3) is 0 Å². The van der Waals surface area contributed by atoms with Crippen LogP contribution in [0.1, 0.15) is 316 Å². The maximum absolute atomic E-state index is 13.6. The van der Waals surface area contributed by atoms with Crippen LogP contribution in [-0.4, -0.2) is 74.3 Å². The first-order chi connectivity index (χ1) is 40.4. The van der Waals surface area contributed by atoms with Crippen LogP contribution in [0.3, 0.4) is 0 Å². The van der Waals surface area contributed by atoms with Crippen LogP contribution in [0.15, 0.2) is 85.1 Å². The molecule has 0 bridgehead atoms. The summed E-state index contributed by atoms with van der Waals surface area (Å²) in [5, 5.41) is 3.07. The molecule has 0 rings (SSSR count). The molecule has 1 amide bonds. The second-order valence-corrected chi connectivity index (χ2v) is 26.1. The molecule has 0 fully saturated rings. The van der Waals surface area contributed by atoms with Crippen molar-refractivity contribution >= 4 is 19.7 Å². The summed E-state index contributed by atoms with van der Waals surface area (Å²) in [5.41, 5.74) is 0. The molecule has 0 radical (unpaired) electrons. The summed E-state index contributed by atoms with van der Waals surface area (Å²) in [5.74, 6) is -0.507. The maximum atomic E-state index is 13.6. The van der Waals surface area contributed by atoms with E-state index in [1.54, 1.807) is 0 Å². The molecule has 0 aliphatic rings. The number of allylic oxidation sites excluding steroid dienone is 13. The lowest BCUT2D eigenvalue weighted by molar-refractivity contribution is -0.870. The van der Waals surface area contributed by atoms with Crippen molar-refractivity contribution in [3.63, 3.8) is 0 Å². The zero-order valence-electron chi connectivity index (χ0n) is 55.2. The van der Waals surface area contributed by atoms with Crippen LogP contribution < -0.4 is 5.32 Å². The van der Waals surface area contributed by atoms with Crippen molar-refractivity contribution in [1.82, 2.24) is 5.32 Å². The number of nitrogens with zero attached hydrogens (tertiary/aromatic N) is 1. The molecular weight excluding hydrogens is 1050 g/mol. The Morgan fingerprint density at radius 1 is 0.434 bits per heavy atom. The predicted molar refractivity (Wildman–Crippen MR) is 360 cm³/mol. The van der Waals surface area contributed by atoms with E-state index in [0.29, 0.717) is 17.4 Å². The average molecular weight is 1180 g/mol. The molecule has 0 saturated heterocycles. The number of nitrogens with one attached hydrogen (secondary N) is 1. The van der Waals surface area contributed by atoms with E-state index < -0.39 is 20.0 Å². The molecule has 0 aliphatic carbocycles. The molecular formula is C73H134N2O7P+. The highest BCUT2D eigenvalue weighted by Crippen LogP contribution is 2.43. The molecule has 3 unspecified atom stereocenters. The van der Waals surface area contributed by atoms with Gasteiger partial charge in [-0.2, -0.15) is 0 Å². The minimum atomic E-state index is -4.46. The molecule has 482 valence electrons. The molecule has 0 spiro atoms. The SMILES string of the molecule is CC/C=C\C/C=C\C/C=C\C/C=C\C/C=C\CCCCCCCCCCCC(=O)NC(COP(=O)(O)OCC[N+](C)(C)C)C(/C=C\CCCCCCCCCCC)OC(=O)CCCCCCCCCCCCC/C=C/CCCCCCCC. The standard InChI is InChI=1S/C73H133N2O7P/c1-7-10-13-16-19-22-25-27-29-31-33-35-36-37-38-40-41-43-45-47-50-53-56-59-62-65-72(76)74-70(69-81-83(78,79)80-68-67-75(4,5)6)71(64-61-58-55-52-49-24-21-18-15-12-9-3)82-73(77)66-63-60-57-54-51-48-46-44-42-39-34-32-30-28-26-23-20-17-14-11-8-2/h10,13,19,22,27-30,33,35,37-38,61,64,70-71H,7-9,11-12,14-18,20-21,23-26,31-32,34,36,39-60,62-63,65-69H2,1-6H3,(H-,74,76,78,79)/p+1/b13-10-,22-19-,29-27-,30-28+,35-33-,38-37-,64-61-. The summed E-state index contributed by atoms with van der Waals surface area (Å²) in [6, 6.07) is -0.856. The zero-order valence-corrected chi connectivity index (χ0v) is 56.1. The lowest BCUT2D eigenvalue weighted by Gasteiger charge is -2.27. The Morgan fingerprint density at radius 2 is 0.771 bits per heavy atom. The lowest BCUT2D eigenvalue weighted by atomic mass is 10.0. The molecule has 0 aliphatic heterocycles. The first kappa shape index (κ1) is 80.2. The highest BCUT2D eigenvalue weighted by atomic mass is 31.2. The van der Waals surface area contributed by atoms with E-state index in [9.17, 15) is 19.0 Å². The highest BCUT2D eigenvalue weighted by molar-refractivity contribution is 7.47. The number of esters is 1. The lowest BCUT2D eigenvalue weighted by Crippen LogP contribution is -2.47. The molecule has 10 heteroatoms. The minimum Gasteiger partial charge on any atom is -0.456 e. The number of rotatable bonds is 63. The summed E-state index contributed by atoms with van der Waals surface area (Å²) in [6.45, 7) is 6.91. The van der Waals surface area contributed by atoms with Gasteiger partial charge in [-0.05, 0) is 102 Å². The first-order valence-corrected chi connectivity index (χ1v) is 36.4. The number of hydrogen-bond acceptors (Lipinski definition) is 6. The van der Waals surface area contributed by atoms with Crippen molar-refractivity contribution in [1.29, 1.82) is 0 Å². The summed E-state index contributed by atoms with van der Waals surface area (Å²) >= 11 is 0. The van der Waals surface area contributed by atoms with Gasteiger partial charge in [0.05, 0.1) is 33.8 Å². The zero-order chi connectivity index (χ0) is 60.7. The molecule has 3 atom stereocenters.